The molecule has 1 heterocycles. The standard InChI is InChI=1S/C30H37F3N2O4/c1-20-19-35(27(38)39-28(2,3)4)17-16-34(20)15-8-7-14-29(26(36)37)24-13-6-5-11-22(24)23-12-9-10-21(25(23)29)18-30(31,32)33/h5-6,9-13,20H,7-8,14-19H2,1-4H3,(H,36,37)/t20-,29?/m0/s1. The Hall–Kier alpha value is -3.07. The van der Waals surface area contributed by atoms with Crippen LogP contribution in [0.3, 0.4) is 0 Å². The fourth-order valence-electron chi connectivity index (χ4n) is 6.03. The third kappa shape index (κ3) is 6.08. The highest BCUT2D eigenvalue weighted by Gasteiger charge is 2.51. The molecule has 4 rings (SSSR count). The maximum Gasteiger partial charge on any atom is 0.410 e. The Morgan fingerprint density at radius 3 is 2.36 bits per heavy atom. The van der Waals surface area contributed by atoms with E-state index in [1.54, 1.807) is 41.3 Å². The van der Waals surface area contributed by atoms with Crippen LogP contribution < -0.4 is 0 Å². The molecular weight excluding hydrogens is 509 g/mol. The molecule has 1 saturated heterocycles. The van der Waals surface area contributed by atoms with Gasteiger partial charge in [-0.05, 0) is 74.9 Å². The van der Waals surface area contributed by atoms with E-state index < -0.39 is 29.6 Å². The molecule has 2 aromatic carbocycles. The van der Waals surface area contributed by atoms with E-state index in [0.29, 0.717) is 55.7 Å². The third-order valence-corrected chi connectivity index (χ3v) is 7.67. The molecule has 212 valence electrons. The van der Waals surface area contributed by atoms with Crippen LogP contribution in [-0.2, 0) is 21.4 Å². The summed E-state index contributed by atoms with van der Waals surface area (Å²) in [5, 5.41) is 10.6. The summed E-state index contributed by atoms with van der Waals surface area (Å²) in [6.45, 7) is 10.0. The molecule has 0 aromatic heterocycles. The number of ether oxygens (including phenoxy) is 1. The monoisotopic (exact) mass is 546 g/mol. The number of carbonyl (C=O) groups is 2. The second kappa shape index (κ2) is 10.8. The number of benzene rings is 2. The summed E-state index contributed by atoms with van der Waals surface area (Å²) in [4.78, 5) is 29.4. The highest BCUT2D eigenvalue weighted by Crippen LogP contribution is 2.53. The summed E-state index contributed by atoms with van der Waals surface area (Å²) in [5.41, 5.74) is 0.0128. The largest absolute Gasteiger partial charge is 0.480 e. The molecule has 1 aliphatic heterocycles. The van der Waals surface area contributed by atoms with Crippen molar-refractivity contribution in [1.82, 2.24) is 9.80 Å². The second-order valence-electron chi connectivity index (χ2n) is 11.7. The van der Waals surface area contributed by atoms with Gasteiger partial charge >= 0.3 is 18.2 Å². The number of alkyl halides is 3. The summed E-state index contributed by atoms with van der Waals surface area (Å²) in [6, 6.07) is 11.9. The maximum atomic E-state index is 13.5. The first-order valence-corrected chi connectivity index (χ1v) is 13.5. The SMILES string of the molecule is C[C@H]1CN(C(=O)OC(C)(C)C)CCN1CCCCC1(C(=O)O)c2ccccc2-c2cccc(CC(F)(F)F)c21. The fourth-order valence-corrected chi connectivity index (χ4v) is 6.03. The molecule has 0 spiro atoms. The van der Waals surface area contributed by atoms with Crippen LogP contribution in [0.15, 0.2) is 42.5 Å². The van der Waals surface area contributed by atoms with Gasteiger partial charge in [-0.1, -0.05) is 48.9 Å². The first kappa shape index (κ1) is 28.9. The predicted octanol–water partition coefficient (Wildman–Crippen LogP) is 6.25. The average molecular weight is 547 g/mol. The lowest BCUT2D eigenvalue weighted by atomic mass is 9.72. The van der Waals surface area contributed by atoms with Crippen molar-refractivity contribution in [3.05, 3.63) is 59.2 Å². The quantitative estimate of drug-likeness (QED) is 0.416. The zero-order valence-electron chi connectivity index (χ0n) is 23.0. The zero-order chi connectivity index (χ0) is 28.6. The third-order valence-electron chi connectivity index (χ3n) is 7.67. The lowest BCUT2D eigenvalue weighted by Crippen LogP contribution is -2.54. The van der Waals surface area contributed by atoms with Gasteiger partial charge in [0.2, 0.25) is 0 Å². The number of nitrogens with zero attached hydrogens (tertiary/aromatic N) is 2. The second-order valence-corrected chi connectivity index (χ2v) is 11.7. The number of unbranched alkanes of at least 4 members (excludes halogenated alkanes) is 1. The van der Waals surface area contributed by atoms with Gasteiger partial charge in [-0.2, -0.15) is 13.2 Å². The number of piperazine rings is 1. The maximum absolute atomic E-state index is 13.5. The molecule has 6 nitrogen and oxygen atoms in total. The van der Waals surface area contributed by atoms with E-state index in [4.69, 9.17) is 4.74 Å². The van der Waals surface area contributed by atoms with Crippen LogP contribution in [-0.4, -0.2) is 71.0 Å². The molecule has 9 heteroatoms. The number of fused-ring (bicyclic) bond motifs is 3. The van der Waals surface area contributed by atoms with Gasteiger partial charge in [0.15, 0.2) is 0 Å². The number of amides is 1. The van der Waals surface area contributed by atoms with Gasteiger partial charge in [0.05, 0.1) is 6.42 Å². The minimum Gasteiger partial charge on any atom is -0.480 e. The van der Waals surface area contributed by atoms with Crippen molar-refractivity contribution < 1.29 is 32.6 Å². The number of carboxylic acids is 1. The number of hydrogen-bond donors (Lipinski definition) is 1. The average Bonchev–Trinajstić information content (AvgIpc) is 3.12. The molecule has 1 fully saturated rings. The number of carbonyl (C=O) groups excluding carboxylic acids is 1. The van der Waals surface area contributed by atoms with Gasteiger partial charge in [-0.25, -0.2) is 4.79 Å². The molecule has 2 atom stereocenters. The van der Waals surface area contributed by atoms with E-state index in [2.05, 4.69) is 4.90 Å². The molecule has 1 amide bonds. The Balaban J connectivity index is 1.49. The molecule has 2 aromatic rings. The first-order chi connectivity index (χ1) is 18.2. The van der Waals surface area contributed by atoms with Gasteiger partial charge < -0.3 is 14.7 Å². The topological polar surface area (TPSA) is 70.1 Å². The Morgan fingerprint density at radius 2 is 1.72 bits per heavy atom. The molecule has 0 bridgehead atoms. The lowest BCUT2D eigenvalue weighted by Gasteiger charge is -2.40. The summed E-state index contributed by atoms with van der Waals surface area (Å²) in [7, 11) is 0. The fraction of sp³-hybridized carbons (Fsp3) is 0.533. The Morgan fingerprint density at radius 1 is 1.03 bits per heavy atom. The van der Waals surface area contributed by atoms with Gasteiger partial charge in [0.25, 0.3) is 0 Å². The van der Waals surface area contributed by atoms with E-state index >= 15 is 0 Å². The molecule has 0 saturated carbocycles. The minimum atomic E-state index is -4.45. The van der Waals surface area contributed by atoms with Crippen molar-refractivity contribution in [1.29, 1.82) is 0 Å². The first-order valence-electron chi connectivity index (χ1n) is 13.5. The van der Waals surface area contributed by atoms with Crippen LogP contribution >= 0.6 is 0 Å². The van der Waals surface area contributed by atoms with Crippen molar-refractivity contribution >= 4 is 12.1 Å². The Kier molecular flexibility index (Phi) is 8.03. The lowest BCUT2D eigenvalue weighted by molar-refractivity contribution is -0.143. The van der Waals surface area contributed by atoms with Crippen LogP contribution in [0.4, 0.5) is 18.0 Å². The van der Waals surface area contributed by atoms with E-state index in [0.717, 1.165) is 0 Å². The zero-order valence-corrected chi connectivity index (χ0v) is 23.0. The van der Waals surface area contributed by atoms with Gasteiger partial charge in [-0.15, -0.1) is 0 Å². The van der Waals surface area contributed by atoms with Crippen LogP contribution in [0.25, 0.3) is 11.1 Å². The summed E-state index contributed by atoms with van der Waals surface area (Å²) in [6.07, 6.45) is -4.53. The molecule has 39 heavy (non-hydrogen) atoms. The highest BCUT2D eigenvalue weighted by molar-refractivity contribution is 5.97. The van der Waals surface area contributed by atoms with Crippen molar-refractivity contribution in [2.45, 2.75) is 76.6 Å². The molecular formula is C30H37F3N2O4. The summed E-state index contributed by atoms with van der Waals surface area (Å²) in [5.74, 6) is -1.12. The predicted molar refractivity (Wildman–Crippen MR) is 143 cm³/mol. The van der Waals surface area contributed by atoms with Crippen LogP contribution in [0.2, 0.25) is 0 Å². The minimum absolute atomic E-state index is 0.0190. The van der Waals surface area contributed by atoms with Gasteiger partial charge in [0.1, 0.15) is 11.0 Å². The molecule has 1 aliphatic carbocycles. The number of hydrogen-bond acceptors (Lipinski definition) is 4. The number of halogens is 3. The van der Waals surface area contributed by atoms with Crippen molar-refractivity contribution in [2.75, 3.05) is 26.2 Å². The number of rotatable bonds is 7. The van der Waals surface area contributed by atoms with Crippen LogP contribution in [0.5, 0.6) is 0 Å². The van der Waals surface area contributed by atoms with Crippen molar-refractivity contribution in [2.24, 2.45) is 0 Å². The molecule has 1 unspecified atom stereocenters. The normalized spacial score (nSPS) is 21.4. The van der Waals surface area contributed by atoms with Crippen LogP contribution in [0, 0.1) is 0 Å². The molecule has 1 N–H and O–H groups in total. The smallest absolute Gasteiger partial charge is 0.410 e. The van der Waals surface area contributed by atoms with E-state index in [-0.39, 0.29) is 29.7 Å². The highest BCUT2D eigenvalue weighted by atomic mass is 19.4. The Bertz CT molecular complexity index is 1220. The van der Waals surface area contributed by atoms with Crippen molar-refractivity contribution in [3.63, 3.8) is 0 Å². The number of aliphatic carboxylic acids is 1. The molecule has 0 radical (unpaired) electrons. The van der Waals surface area contributed by atoms with Crippen molar-refractivity contribution in [3.8, 4) is 11.1 Å². The summed E-state index contributed by atoms with van der Waals surface area (Å²) < 4.78 is 46.0. The summed E-state index contributed by atoms with van der Waals surface area (Å²) >= 11 is 0. The van der Waals surface area contributed by atoms with E-state index in [1.807, 2.05) is 27.7 Å². The molecule has 2 aliphatic rings. The van der Waals surface area contributed by atoms with E-state index in [1.165, 1.54) is 6.07 Å². The van der Waals surface area contributed by atoms with Crippen LogP contribution in [0.1, 0.15) is 63.6 Å². The Labute approximate surface area is 227 Å². The van der Waals surface area contributed by atoms with Gasteiger partial charge in [0, 0.05) is 25.7 Å². The van der Waals surface area contributed by atoms with Gasteiger partial charge in [-0.3, -0.25) is 9.69 Å². The number of carboxylic acid groups (broad SMARTS) is 1. The van der Waals surface area contributed by atoms with E-state index in [9.17, 15) is 27.9 Å².